The molecule has 0 heterocycles. The standard InChI is InChI=1S/C10H14ClNO2/c1-6-7(5-12-2)10(13)9(14-3)4-8(6)11/h4,12-13H,5H2,1-3H3. The van der Waals surface area contributed by atoms with Crippen molar-refractivity contribution in [2.24, 2.45) is 0 Å². The van der Waals surface area contributed by atoms with E-state index in [0.29, 0.717) is 17.3 Å². The molecule has 0 bridgehead atoms. The van der Waals surface area contributed by atoms with Crippen LogP contribution in [-0.2, 0) is 6.54 Å². The van der Waals surface area contributed by atoms with Crippen LogP contribution in [0.25, 0.3) is 0 Å². The van der Waals surface area contributed by atoms with Gasteiger partial charge in [-0.05, 0) is 19.5 Å². The summed E-state index contributed by atoms with van der Waals surface area (Å²) in [5.41, 5.74) is 1.65. The molecule has 2 N–H and O–H groups in total. The minimum Gasteiger partial charge on any atom is -0.504 e. The topological polar surface area (TPSA) is 41.5 Å². The van der Waals surface area contributed by atoms with Crippen LogP contribution in [0.1, 0.15) is 11.1 Å². The molecule has 0 aliphatic rings. The number of aromatic hydroxyl groups is 1. The monoisotopic (exact) mass is 215 g/mol. The molecule has 0 saturated carbocycles. The van der Waals surface area contributed by atoms with Gasteiger partial charge in [0.15, 0.2) is 11.5 Å². The van der Waals surface area contributed by atoms with Gasteiger partial charge in [0.05, 0.1) is 7.11 Å². The summed E-state index contributed by atoms with van der Waals surface area (Å²) in [6.07, 6.45) is 0. The van der Waals surface area contributed by atoms with E-state index >= 15 is 0 Å². The molecule has 0 fully saturated rings. The number of hydrogen-bond donors (Lipinski definition) is 2. The lowest BCUT2D eigenvalue weighted by Gasteiger charge is -2.13. The molecule has 0 aromatic heterocycles. The first-order valence-electron chi connectivity index (χ1n) is 4.31. The Morgan fingerprint density at radius 2 is 2.21 bits per heavy atom. The highest BCUT2D eigenvalue weighted by molar-refractivity contribution is 6.31. The summed E-state index contributed by atoms with van der Waals surface area (Å²) in [5.74, 6) is 0.564. The summed E-state index contributed by atoms with van der Waals surface area (Å²) in [4.78, 5) is 0. The molecule has 1 aromatic rings. The van der Waals surface area contributed by atoms with Gasteiger partial charge in [-0.1, -0.05) is 11.6 Å². The van der Waals surface area contributed by atoms with Gasteiger partial charge in [-0.25, -0.2) is 0 Å². The zero-order valence-electron chi connectivity index (χ0n) is 8.52. The SMILES string of the molecule is CNCc1c(C)c(Cl)cc(OC)c1O. The highest BCUT2D eigenvalue weighted by atomic mass is 35.5. The predicted octanol–water partition coefficient (Wildman–Crippen LogP) is 2.08. The van der Waals surface area contributed by atoms with E-state index in [4.69, 9.17) is 16.3 Å². The van der Waals surface area contributed by atoms with Crippen LogP contribution in [0.2, 0.25) is 5.02 Å². The predicted molar refractivity (Wildman–Crippen MR) is 57.2 cm³/mol. The molecule has 78 valence electrons. The molecule has 0 amide bonds. The summed E-state index contributed by atoms with van der Waals surface area (Å²) in [6, 6.07) is 1.62. The quantitative estimate of drug-likeness (QED) is 0.811. The van der Waals surface area contributed by atoms with Crippen LogP contribution >= 0.6 is 11.6 Å². The van der Waals surface area contributed by atoms with E-state index in [-0.39, 0.29) is 5.75 Å². The van der Waals surface area contributed by atoms with E-state index in [1.165, 1.54) is 7.11 Å². The highest BCUT2D eigenvalue weighted by Crippen LogP contribution is 2.36. The van der Waals surface area contributed by atoms with Gasteiger partial charge in [0.2, 0.25) is 0 Å². The molecule has 0 saturated heterocycles. The molecule has 0 unspecified atom stereocenters. The van der Waals surface area contributed by atoms with E-state index in [0.717, 1.165) is 11.1 Å². The lowest BCUT2D eigenvalue weighted by atomic mass is 10.1. The Hall–Kier alpha value is -0.930. The molecule has 14 heavy (non-hydrogen) atoms. The van der Waals surface area contributed by atoms with Gasteiger partial charge in [-0.3, -0.25) is 0 Å². The van der Waals surface area contributed by atoms with Gasteiger partial charge in [-0.2, -0.15) is 0 Å². The van der Waals surface area contributed by atoms with E-state index in [1.807, 2.05) is 14.0 Å². The van der Waals surface area contributed by atoms with Crippen LogP contribution in [0.5, 0.6) is 11.5 Å². The molecule has 0 atom stereocenters. The average Bonchev–Trinajstić information content (AvgIpc) is 2.18. The van der Waals surface area contributed by atoms with Crippen molar-refractivity contribution in [3.05, 3.63) is 22.2 Å². The van der Waals surface area contributed by atoms with Crippen LogP contribution in [0.15, 0.2) is 6.07 Å². The third-order valence-corrected chi connectivity index (χ3v) is 2.55. The number of phenolic OH excluding ortho intramolecular Hbond substituents is 1. The number of hydrogen-bond acceptors (Lipinski definition) is 3. The maximum Gasteiger partial charge on any atom is 0.162 e. The van der Waals surface area contributed by atoms with Crippen LogP contribution in [-0.4, -0.2) is 19.3 Å². The van der Waals surface area contributed by atoms with Gasteiger partial charge in [-0.15, -0.1) is 0 Å². The van der Waals surface area contributed by atoms with Gasteiger partial charge in [0.1, 0.15) is 0 Å². The number of phenols is 1. The van der Waals surface area contributed by atoms with Crippen LogP contribution < -0.4 is 10.1 Å². The number of benzene rings is 1. The maximum absolute atomic E-state index is 9.80. The van der Waals surface area contributed by atoms with Crippen molar-refractivity contribution in [2.45, 2.75) is 13.5 Å². The Bertz CT molecular complexity index is 339. The van der Waals surface area contributed by atoms with E-state index in [9.17, 15) is 5.11 Å². The lowest BCUT2D eigenvalue weighted by molar-refractivity contribution is 0.369. The van der Waals surface area contributed by atoms with Gasteiger partial charge < -0.3 is 15.2 Å². The zero-order valence-corrected chi connectivity index (χ0v) is 9.27. The normalized spacial score (nSPS) is 10.3. The minimum absolute atomic E-state index is 0.156. The first-order chi connectivity index (χ1) is 6.61. The fourth-order valence-electron chi connectivity index (χ4n) is 1.31. The molecular weight excluding hydrogens is 202 g/mol. The molecule has 0 aliphatic carbocycles. The Kier molecular flexibility index (Phi) is 3.61. The molecule has 1 aromatic carbocycles. The fourth-order valence-corrected chi connectivity index (χ4v) is 1.52. The van der Waals surface area contributed by atoms with Crippen molar-refractivity contribution in [3.8, 4) is 11.5 Å². The van der Waals surface area contributed by atoms with Crippen molar-refractivity contribution in [3.63, 3.8) is 0 Å². The largest absolute Gasteiger partial charge is 0.504 e. The first kappa shape index (κ1) is 11.1. The molecule has 0 aliphatic heterocycles. The summed E-state index contributed by atoms with van der Waals surface area (Å²) >= 11 is 5.99. The average molecular weight is 216 g/mol. The second-order valence-electron chi connectivity index (χ2n) is 3.04. The Balaban J connectivity index is 3.29. The summed E-state index contributed by atoms with van der Waals surface area (Å²) < 4.78 is 5.01. The smallest absolute Gasteiger partial charge is 0.162 e. The first-order valence-corrected chi connectivity index (χ1v) is 4.69. The summed E-state index contributed by atoms with van der Waals surface area (Å²) in [6.45, 7) is 2.43. The summed E-state index contributed by atoms with van der Waals surface area (Å²) in [5, 5.41) is 13.4. The number of rotatable bonds is 3. The molecule has 1 rings (SSSR count). The van der Waals surface area contributed by atoms with E-state index < -0.39 is 0 Å². The number of halogens is 1. The van der Waals surface area contributed by atoms with Crippen LogP contribution in [0, 0.1) is 6.92 Å². The summed E-state index contributed by atoms with van der Waals surface area (Å²) in [7, 11) is 3.32. The Morgan fingerprint density at radius 3 is 2.71 bits per heavy atom. The second kappa shape index (κ2) is 4.53. The van der Waals surface area contributed by atoms with E-state index in [1.54, 1.807) is 6.07 Å². The second-order valence-corrected chi connectivity index (χ2v) is 3.45. The highest BCUT2D eigenvalue weighted by Gasteiger charge is 2.13. The zero-order chi connectivity index (χ0) is 10.7. The third kappa shape index (κ3) is 1.94. The molecular formula is C10H14ClNO2. The number of methoxy groups -OCH3 is 1. The van der Waals surface area contributed by atoms with Crippen molar-refractivity contribution in [1.29, 1.82) is 0 Å². The number of nitrogens with one attached hydrogen (secondary N) is 1. The van der Waals surface area contributed by atoms with Crippen molar-refractivity contribution < 1.29 is 9.84 Å². The maximum atomic E-state index is 9.80. The van der Waals surface area contributed by atoms with Gasteiger partial charge in [0.25, 0.3) is 0 Å². The van der Waals surface area contributed by atoms with Crippen molar-refractivity contribution >= 4 is 11.6 Å². The van der Waals surface area contributed by atoms with Gasteiger partial charge >= 0.3 is 0 Å². The lowest BCUT2D eigenvalue weighted by Crippen LogP contribution is -2.07. The van der Waals surface area contributed by atoms with Gasteiger partial charge in [0, 0.05) is 23.2 Å². The van der Waals surface area contributed by atoms with Crippen LogP contribution in [0.3, 0.4) is 0 Å². The van der Waals surface area contributed by atoms with Crippen molar-refractivity contribution in [1.82, 2.24) is 5.32 Å². The molecule has 0 radical (unpaired) electrons. The molecule has 0 spiro atoms. The van der Waals surface area contributed by atoms with E-state index in [2.05, 4.69) is 5.32 Å². The number of ether oxygens (including phenoxy) is 1. The fraction of sp³-hybridized carbons (Fsp3) is 0.400. The van der Waals surface area contributed by atoms with Crippen LogP contribution in [0.4, 0.5) is 0 Å². The third-order valence-electron chi connectivity index (χ3n) is 2.16. The Morgan fingerprint density at radius 1 is 1.57 bits per heavy atom. The van der Waals surface area contributed by atoms with Crippen molar-refractivity contribution in [2.75, 3.05) is 14.2 Å². The minimum atomic E-state index is 0.156. The molecule has 3 nitrogen and oxygen atoms in total. The molecule has 4 heteroatoms. The Labute approximate surface area is 88.7 Å².